The van der Waals surface area contributed by atoms with E-state index >= 15 is 0 Å². The number of aryl methyl sites for hydroxylation is 2. The number of hydrogen-bond acceptors (Lipinski definition) is 5. The fourth-order valence-corrected chi connectivity index (χ4v) is 2.71. The normalized spacial score (nSPS) is 16.3. The summed E-state index contributed by atoms with van der Waals surface area (Å²) in [7, 11) is 0. The molecule has 0 spiro atoms. The van der Waals surface area contributed by atoms with E-state index in [0.29, 0.717) is 17.5 Å². The highest BCUT2D eigenvalue weighted by Crippen LogP contribution is 2.38. The Kier molecular flexibility index (Phi) is 3.50. The SMILES string of the molecule is Cc1cc2cc(-c3nc(C4(N)CCC4)no3)oc2cc1C.Cl. The van der Waals surface area contributed by atoms with E-state index in [-0.39, 0.29) is 12.4 Å². The largest absolute Gasteiger partial charge is 0.451 e. The quantitative estimate of drug-likeness (QED) is 0.776. The number of furan rings is 1. The summed E-state index contributed by atoms with van der Waals surface area (Å²) in [4.78, 5) is 4.42. The minimum Gasteiger partial charge on any atom is -0.451 e. The molecule has 1 aliphatic carbocycles. The van der Waals surface area contributed by atoms with Gasteiger partial charge in [-0.15, -0.1) is 12.4 Å². The number of halogens is 1. The number of nitrogens with two attached hydrogens (primary N) is 1. The third-order valence-corrected chi connectivity index (χ3v) is 4.46. The van der Waals surface area contributed by atoms with Crippen molar-refractivity contribution < 1.29 is 8.94 Å². The fourth-order valence-electron chi connectivity index (χ4n) is 2.71. The zero-order valence-corrected chi connectivity index (χ0v) is 13.4. The third kappa shape index (κ3) is 2.21. The van der Waals surface area contributed by atoms with Crippen molar-refractivity contribution >= 4 is 23.4 Å². The summed E-state index contributed by atoms with van der Waals surface area (Å²) in [6.45, 7) is 4.15. The fraction of sp³-hybridized carbons (Fsp3) is 0.375. The summed E-state index contributed by atoms with van der Waals surface area (Å²) >= 11 is 0. The molecule has 22 heavy (non-hydrogen) atoms. The molecule has 4 rings (SSSR count). The highest BCUT2D eigenvalue weighted by atomic mass is 35.5. The minimum absolute atomic E-state index is 0. The molecule has 6 heteroatoms. The predicted molar refractivity (Wildman–Crippen MR) is 85.9 cm³/mol. The van der Waals surface area contributed by atoms with Crippen LogP contribution in [0.2, 0.25) is 0 Å². The van der Waals surface area contributed by atoms with Crippen LogP contribution in [0.15, 0.2) is 27.1 Å². The van der Waals surface area contributed by atoms with Crippen molar-refractivity contribution in [2.45, 2.75) is 38.6 Å². The minimum atomic E-state index is -0.416. The first kappa shape index (κ1) is 15.1. The van der Waals surface area contributed by atoms with Gasteiger partial charge in [0.15, 0.2) is 11.6 Å². The third-order valence-electron chi connectivity index (χ3n) is 4.46. The molecule has 0 unspecified atom stereocenters. The molecule has 2 N–H and O–H groups in total. The Balaban J connectivity index is 0.00000144. The summed E-state index contributed by atoms with van der Waals surface area (Å²) in [5.74, 6) is 1.57. The Morgan fingerprint density at radius 2 is 1.86 bits per heavy atom. The van der Waals surface area contributed by atoms with Crippen molar-refractivity contribution in [3.8, 4) is 11.7 Å². The molecule has 3 aromatic rings. The number of aromatic nitrogens is 2. The Morgan fingerprint density at radius 3 is 2.55 bits per heavy atom. The topological polar surface area (TPSA) is 78.1 Å². The van der Waals surface area contributed by atoms with E-state index in [1.165, 1.54) is 11.1 Å². The smallest absolute Gasteiger partial charge is 0.293 e. The van der Waals surface area contributed by atoms with E-state index in [4.69, 9.17) is 14.7 Å². The molecule has 2 heterocycles. The van der Waals surface area contributed by atoms with Gasteiger partial charge in [0.1, 0.15) is 5.58 Å². The second kappa shape index (κ2) is 5.11. The molecule has 0 aliphatic heterocycles. The zero-order chi connectivity index (χ0) is 14.6. The maximum absolute atomic E-state index is 6.21. The van der Waals surface area contributed by atoms with Crippen molar-refractivity contribution in [3.63, 3.8) is 0 Å². The van der Waals surface area contributed by atoms with Crippen LogP contribution >= 0.6 is 12.4 Å². The summed E-state index contributed by atoms with van der Waals surface area (Å²) in [5, 5.41) is 5.06. The standard InChI is InChI=1S/C16H17N3O2.ClH/c1-9-6-11-8-13(20-12(11)7-10(9)2)14-18-15(19-21-14)16(17)4-3-5-16;/h6-8H,3-5,17H2,1-2H3;1H. The van der Waals surface area contributed by atoms with Crippen molar-refractivity contribution in [3.05, 3.63) is 35.2 Å². The first-order valence-electron chi connectivity index (χ1n) is 7.19. The highest BCUT2D eigenvalue weighted by Gasteiger charge is 2.39. The Labute approximate surface area is 134 Å². The monoisotopic (exact) mass is 319 g/mol. The molecule has 0 amide bonds. The number of rotatable bonds is 2. The molecule has 0 bridgehead atoms. The van der Waals surface area contributed by atoms with Gasteiger partial charge in [0.05, 0.1) is 5.54 Å². The van der Waals surface area contributed by atoms with E-state index in [1.807, 2.05) is 12.1 Å². The van der Waals surface area contributed by atoms with Gasteiger partial charge >= 0.3 is 0 Å². The molecule has 0 radical (unpaired) electrons. The van der Waals surface area contributed by atoms with Crippen LogP contribution in [0.5, 0.6) is 0 Å². The number of hydrogen-bond donors (Lipinski definition) is 1. The molecule has 116 valence electrons. The van der Waals surface area contributed by atoms with Crippen LogP contribution in [-0.4, -0.2) is 10.1 Å². The molecule has 1 aliphatic rings. The van der Waals surface area contributed by atoms with Crippen LogP contribution < -0.4 is 5.73 Å². The van der Waals surface area contributed by atoms with Crippen LogP contribution in [0, 0.1) is 13.8 Å². The Bertz CT molecular complexity index is 794. The number of benzene rings is 1. The predicted octanol–water partition coefficient (Wildman–Crippen LogP) is 3.86. The van der Waals surface area contributed by atoms with Gasteiger partial charge in [0.2, 0.25) is 0 Å². The zero-order valence-electron chi connectivity index (χ0n) is 12.5. The van der Waals surface area contributed by atoms with Crippen LogP contribution in [0.3, 0.4) is 0 Å². The molecule has 2 aromatic heterocycles. The van der Waals surface area contributed by atoms with Crippen molar-refractivity contribution in [2.75, 3.05) is 0 Å². The van der Waals surface area contributed by atoms with E-state index in [0.717, 1.165) is 30.2 Å². The average Bonchev–Trinajstić information content (AvgIpc) is 3.03. The lowest BCUT2D eigenvalue weighted by Crippen LogP contribution is -2.44. The van der Waals surface area contributed by atoms with E-state index in [1.54, 1.807) is 0 Å². The second-order valence-corrected chi connectivity index (χ2v) is 6.02. The van der Waals surface area contributed by atoms with Gasteiger partial charge < -0.3 is 14.7 Å². The maximum Gasteiger partial charge on any atom is 0.293 e. The molecular weight excluding hydrogens is 302 g/mol. The second-order valence-electron chi connectivity index (χ2n) is 6.02. The summed E-state index contributed by atoms with van der Waals surface area (Å²) in [5.41, 5.74) is 9.06. The van der Waals surface area contributed by atoms with Crippen LogP contribution in [-0.2, 0) is 5.54 Å². The van der Waals surface area contributed by atoms with Crippen LogP contribution in [0.25, 0.3) is 22.6 Å². The number of nitrogens with zero attached hydrogens (tertiary/aromatic N) is 2. The van der Waals surface area contributed by atoms with Gasteiger partial charge in [-0.2, -0.15) is 4.98 Å². The van der Waals surface area contributed by atoms with Crippen LogP contribution in [0.4, 0.5) is 0 Å². The van der Waals surface area contributed by atoms with E-state index < -0.39 is 5.54 Å². The molecule has 5 nitrogen and oxygen atoms in total. The van der Waals surface area contributed by atoms with Crippen molar-refractivity contribution in [1.29, 1.82) is 0 Å². The number of fused-ring (bicyclic) bond motifs is 1. The summed E-state index contributed by atoms with van der Waals surface area (Å²) in [6.07, 6.45) is 2.93. The highest BCUT2D eigenvalue weighted by molar-refractivity contribution is 5.85. The molecule has 0 atom stereocenters. The van der Waals surface area contributed by atoms with Crippen LogP contribution in [0.1, 0.15) is 36.2 Å². The molecule has 1 aromatic carbocycles. The summed E-state index contributed by atoms with van der Waals surface area (Å²) < 4.78 is 11.2. The first-order chi connectivity index (χ1) is 10.0. The van der Waals surface area contributed by atoms with Gasteiger partial charge in [0.25, 0.3) is 5.89 Å². The van der Waals surface area contributed by atoms with Crippen molar-refractivity contribution in [1.82, 2.24) is 10.1 Å². The molecular formula is C16H18ClN3O2. The molecule has 0 saturated heterocycles. The molecule has 1 saturated carbocycles. The Hall–Kier alpha value is -1.85. The Morgan fingerprint density at radius 1 is 1.14 bits per heavy atom. The van der Waals surface area contributed by atoms with Gasteiger partial charge in [-0.3, -0.25) is 0 Å². The molecule has 1 fully saturated rings. The van der Waals surface area contributed by atoms with Gasteiger partial charge in [-0.1, -0.05) is 5.16 Å². The lowest BCUT2D eigenvalue weighted by molar-refractivity contribution is 0.229. The maximum atomic E-state index is 6.21. The van der Waals surface area contributed by atoms with Gasteiger partial charge in [-0.05, 0) is 62.4 Å². The average molecular weight is 320 g/mol. The van der Waals surface area contributed by atoms with Gasteiger partial charge in [0, 0.05) is 5.39 Å². The lowest BCUT2D eigenvalue weighted by atomic mass is 9.77. The van der Waals surface area contributed by atoms with Gasteiger partial charge in [-0.25, -0.2) is 0 Å². The summed E-state index contributed by atoms with van der Waals surface area (Å²) in [6, 6.07) is 6.07. The van der Waals surface area contributed by atoms with E-state index in [9.17, 15) is 0 Å². The van der Waals surface area contributed by atoms with E-state index in [2.05, 4.69) is 30.1 Å². The lowest BCUT2D eigenvalue weighted by Gasteiger charge is -2.34. The first-order valence-corrected chi connectivity index (χ1v) is 7.19. The van der Waals surface area contributed by atoms with Crippen molar-refractivity contribution in [2.24, 2.45) is 5.73 Å².